The van der Waals surface area contributed by atoms with Crippen LogP contribution in [0.2, 0.25) is 5.15 Å². The third kappa shape index (κ3) is 9.05. The number of hydrogen-bond acceptors (Lipinski definition) is 11. The van der Waals surface area contributed by atoms with Crippen molar-refractivity contribution in [3.8, 4) is 6.01 Å². The van der Waals surface area contributed by atoms with E-state index < -0.39 is 80.0 Å². The van der Waals surface area contributed by atoms with Gasteiger partial charge in [-0.1, -0.05) is 38.4 Å². The van der Waals surface area contributed by atoms with Crippen LogP contribution in [0.4, 0.5) is 20.7 Å². The van der Waals surface area contributed by atoms with Crippen molar-refractivity contribution in [2.75, 3.05) is 11.9 Å². The van der Waals surface area contributed by atoms with Gasteiger partial charge in [0.15, 0.2) is 0 Å². The van der Waals surface area contributed by atoms with E-state index in [9.17, 15) is 32.0 Å². The molecule has 4 fully saturated rings. The molecule has 1 aromatic carbocycles. The molecule has 54 heavy (non-hydrogen) atoms. The number of benzene rings is 1. The predicted octanol–water partition coefficient (Wildman–Crippen LogP) is 4.11. The Labute approximate surface area is 318 Å². The summed E-state index contributed by atoms with van der Waals surface area (Å²) in [5.41, 5.74) is -1.93. The number of aromatic nitrogens is 2. The molecule has 0 unspecified atom stereocenters. The van der Waals surface area contributed by atoms with E-state index in [1.807, 2.05) is 0 Å². The molecule has 4 N–H and O–H groups in total. The minimum Gasteiger partial charge on any atom is -0.458 e. The van der Waals surface area contributed by atoms with Gasteiger partial charge in [-0.05, 0) is 74.6 Å². The second kappa shape index (κ2) is 15.3. The average molecular weight is 790 g/mol. The maximum atomic E-state index is 14.5. The molecular weight excluding hydrogens is 745 g/mol. The first-order valence-corrected chi connectivity index (χ1v) is 19.9. The number of nitrogens with zero attached hydrogens (tertiary/aromatic N) is 3. The number of carbonyl (C=O) groups is 4. The van der Waals surface area contributed by atoms with Crippen molar-refractivity contribution in [3.05, 3.63) is 54.0 Å². The van der Waals surface area contributed by atoms with Crippen molar-refractivity contribution < 1.29 is 41.5 Å². The van der Waals surface area contributed by atoms with Crippen molar-refractivity contribution in [2.24, 2.45) is 11.3 Å². The molecule has 0 bridgehead atoms. The van der Waals surface area contributed by atoms with Gasteiger partial charge in [-0.3, -0.25) is 19.1 Å². The first kappa shape index (κ1) is 39.2. The minimum absolute atomic E-state index is 0.0147. The molecule has 18 heteroatoms. The summed E-state index contributed by atoms with van der Waals surface area (Å²) in [5, 5.41) is 7.80. The summed E-state index contributed by atoms with van der Waals surface area (Å²) in [6, 6.07) is 4.43. The molecule has 3 saturated carbocycles. The van der Waals surface area contributed by atoms with Crippen LogP contribution in [0.3, 0.4) is 0 Å². The summed E-state index contributed by atoms with van der Waals surface area (Å²) < 4.78 is 52.7. The van der Waals surface area contributed by atoms with Crippen LogP contribution in [0.15, 0.2) is 43.0 Å². The van der Waals surface area contributed by atoms with Crippen LogP contribution in [0.1, 0.15) is 72.1 Å². The zero-order valence-corrected chi connectivity index (χ0v) is 31.8. The summed E-state index contributed by atoms with van der Waals surface area (Å²) in [7, 11) is -3.93. The molecule has 0 radical (unpaired) electrons. The SMILES string of the molecule is C=C[C@@H]1C[C@]1(NC(=O)[C@@H]1C[C@@H](Oc2nc(Cl)cc(Nc3ccc(F)cc3)n2)CN1C(=O)[C@@H](NC(=O)OC1CCCC1)C(C)(C)C)C(=O)NS(=O)(=O)C1CC1. The maximum absolute atomic E-state index is 14.5. The molecule has 1 aromatic heterocycles. The number of halogens is 2. The standard InChI is InChI=1S/C36H45ClFN7O8S/c1-5-20-18-36(20,32(48)44-54(50,51)25-14-15-25)43-30(46)26-16-24(52-33-40-27(37)17-28(41-33)39-22-12-10-21(38)11-13-22)19-45(26)31(47)29(35(2,3)4)42-34(49)53-23-8-6-7-9-23/h5,10-13,17,20,23-26,29H,1,6-9,14-16,18-19H2,2-4H3,(H,42,49)(H,43,46)(H,44,48)(H,39,40,41)/t20-,24-,26+,29-,36-/m1/s1. The largest absolute Gasteiger partial charge is 0.458 e. The lowest BCUT2D eigenvalue weighted by Crippen LogP contribution is -2.60. The predicted molar refractivity (Wildman–Crippen MR) is 196 cm³/mol. The van der Waals surface area contributed by atoms with Gasteiger partial charge in [0.05, 0.1) is 11.8 Å². The monoisotopic (exact) mass is 789 g/mol. The normalized spacial score (nSPS) is 24.6. The Morgan fingerprint density at radius 2 is 1.76 bits per heavy atom. The van der Waals surface area contributed by atoms with Crippen molar-refractivity contribution >= 4 is 56.9 Å². The summed E-state index contributed by atoms with van der Waals surface area (Å²) in [4.78, 5) is 65.0. The zero-order chi connectivity index (χ0) is 39.0. The number of likely N-dealkylation sites (tertiary alicyclic amines) is 1. The summed E-state index contributed by atoms with van der Waals surface area (Å²) >= 11 is 6.29. The van der Waals surface area contributed by atoms with Crippen LogP contribution in [0.25, 0.3) is 0 Å². The Balaban J connectivity index is 1.25. The molecule has 5 atom stereocenters. The number of rotatable bonds is 13. The maximum Gasteiger partial charge on any atom is 0.408 e. The summed E-state index contributed by atoms with van der Waals surface area (Å²) in [6.45, 7) is 8.88. The lowest BCUT2D eigenvalue weighted by Gasteiger charge is -2.35. The van der Waals surface area contributed by atoms with Gasteiger partial charge in [-0.2, -0.15) is 9.97 Å². The fourth-order valence-corrected chi connectivity index (χ4v) is 8.40. The molecule has 292 valence electrons. The number of ether oxygens (including phenoxy) is 2. The van der Waals surface area contributed by atoms with Crippen LogP contribution in [-0.4, -0.2) is 88.7 Å². The Morgan fingerprint density at radius 3 is 2.37 bits per heavy atom. The molecule has 1 aliphatic heterocycles. The Kier molecular flexibility index (Phi) is 11.1. The van der Waals surface area contributed by atoms with E-state index >= 15 is 0 Å². The van der Waals surface area contributed by atoms with Crippen LogP contribution < -0.4 is 25.4 Å². The molecule has 15 nitrogen and oxygen atoms in total. The van der Waals surface area contributed by atoms with E-state index in [1.165, 1.54) is 41.3 Å². The van der Waals surface area contributed by atoms with E-state index in [4.69, 9.17) is 21.1 Å². The number of hydrogen-bond donors (Lipinski definition) is 4. The van der Waals surface area contributed by atoms with E-state index in [1.54, 1.807) is 20.8 Å². The highest BCUT2D eigenvalue weighted by Crippen LogP contribution is 2.45. The van der Waals surface area contributed by atoms with Crippen LogP contribution in [0, 0.1) is 17.2 Å². The lowest BCUT2D eigenvalue weighted by molar-refractivity contribution is -0.143. The fourth-order valence-electron chi connectivity index (χ4n) is 6.86. The molecule has 6 rings (SSSR count). The van der Waals surface area contributed by atoms with Crippen LogP contribution >= 0.6 is 11.6 Å². The third-order valence-corrected chi connectivity index (χ3v) is 12.1. The van der Waals surface area contributed by atoms with E-state index in [2.05, 4.69) is 37.2 Å². The number of alkyl carbamates (subject to hydrolysis) is 1. The Bertz CT molecular complexity index is 1900. The topological polar surface area (TPSA) is 198 Å². The number of carbonyl (C=O) groups excluding carboxylic acids is 4. The molecular formula is C36H45ClFN7O8S. The summed E-state index contributed by atoms with van der Waals surface area (Å²) in [6.07, 6.45) is 3.79. The molecule has 2 aromatic rings. The quantitative estimate of drug-likeness (QED) is 0.168. The van der Waals surface area contributed by atoms with Gasteiger partial charge in [-0.15, -0.1) is 6.58 Å². The van der Waals surface area contributed by atoms with Crippen molar-refractivity contribution in [1.29, 1.82) is 0 Å². The number of sulfonamides is 1. The number of amides is 4. The van der Waals surface area contributed by atoms with E-state index in [0.29, 0.717) is 18.5 Å². The fraction of sp³-hybridized carbons (Fsp3) is 0.556. The first-order chi connectivity index (χ1) is 25.5. The minimum atomic E-state index is -3.93. The number of anilines is 2. The average Bonchev–Trinajstić information content (AvgIpc) is 3.97. The van der Waals surface area contributed by atoms with Gasteiger partial charge in [0, 0.05) is 24.1 Å². The van der Waals surface area contributed by atoms with Gasteiger partial charge >= 0.3 is 12.1 Å². The Morgan fingerprint density at radius 1 is 1.07 bits per heavy atom. The summed E-state index contributed by atoms with van der Waals surface area (Å²) in [5.74, 6) is -2.97. The van der Waals surface area contributed by atoms with Crippen LogP contribution in [0.5, 0.6) is 6.01 Å². The van der Waals surface area contributed by atoms with Gasteiger partial charge in [-0.25, -0.2) is 17.6 Å². The Hall–Kier alpha value is -4.51. The molecule has 3 aliphatic carbocycles. The van der Waals surface area contributed by atoms with Crippen molar-refractivity contribution in [2.45, 2.75) is 107 Å². The van der Waals surface area contributed by atoms with Crippen molar-refractivity contribution in [3.63, 3.8) is 0 Å². The second-order valence-corrected chi connectivity index (χ2v) is 17.8. The van der Waals surface area contributed by atoms with Gasteiger partial charge < -0.3 is 30.3 Å². The number of nitrogens with one attached hydrogen (secondary N) is 4. The van der Waals surface area contributed by atoms with Crippen molar-refractivity contribution in [1.82, 2.24) is 30.2 Å². The molecule has 0 spiro atoms. The smallest absolute Gasteiger partial charge is 0.408 e. The van der Waals surface area contributed by atoms with Crippen LogP contribution in [-0.2, 0) is 29.1 Å². The van der Waals surface area contributed by atoms with E-state index in [0.717, 1.165) is 25.7 Å². The molecule has 1 saturated heterocycles. The second-order valence-electron chi connectivity index (χ2n) is 15.4. The molecule has 2 heterocycles. The highest BCUT2D eigenvalue weighted by Gasteiger charge is 2.62. The van der Waals surface area contributed by atoms with Gasteiger partial charge in [0.25, 0.3) is 5.91 Å². The first-order valence-electron chi connectivity index (χ1n) is 18.0. The van der Waals surface area contributed by atoms with Gasteiger partial charge in [0.1, 0.15) is 46.6 Å². The molecule has 4 aliphatic rings. The van der Waals surface area contributed by atoms with Gasteiger partial charge in [0.2, 0.25) is 21.8 Å². The lowest BCUT2D eigenvalue weighted by atomic mass is 9.85. The highest BCUT2D eigenvalue weighted by molar-refractivity contribution is 7.91. The zero-order valence-electron chi connectivity index (χ0n) is 30.3. The molecule has 4 amide bonds. The highest BCUT2D eigenvalue weighted by atomic mass is 35.5. The van der Waals surface area contributed by atoms with E-state index in [-0.39, 0.29) is 42.5 Å². The third-order valence-electron chi connectivity index (χ3n) is 10.1.